The van der Waals surface area contributed by atoms with Crippen molar-refractivity contribution in [2.75, 3.05) is 0 Å². The molecule has 0 fully saturated rings. The van der Waals surface area contributed by atoms with E-state index >= 15 is 0 Å². The number of aromatic nitrogens is 5. The first-order valence-electron chi connectivity index (χ1n) is 23.1. The Balaban J connectivity index is 0.968. The van der Waals surface area contributed by atoms with Gasteiger partial charge in [-0.3, -0.25) is 0 Å². The summed E-state index contributed by atoms with van der Waals surface area (Å²) in [5.41, 5.74) is 12.0. The summed E-state index contributed by atoms with van der Waals surface area (Å²) in [6.07, 6.45) is 0. The maximum atomic E-state index is 5.39. The van der Waals surface area contributed by atoms with Crippen LogP contribution in [0.15, 0.2) is 237 Å². The van der Waals surface area contributed by atoms with E-state index in [-0.39, 0.29) is 0 Å². The van der Waals surface area contributed by atoms with Gasteiger partial charge in [0.05, 0.1) is 22.1 Å². The molecular weight excluding hydrogens is 827 g/mol. The van der Waals surface area contributed by atoms with E-state index in [0.717, 1.165) is 66.4 Å². The molecule has 14 rings (SSSR count). The molecule has 0 saturated carbocycles. The molecule has 0 atom stereocenters. The van der Waals surface area contributed by atoms with Crippen molar-refractivity contribution in [2.45, 2.75) is 0 Å². The topological polar surface area (TPSA) is 48.5 Å². The van der Waals surface area contributed by atoms with E-state index in [0.29, 0.717) is 17.5 Å². The zero-order chi connectivity index (χ0) is 44.7. The van der Waals surface area contributed by atoms with Crippen LogP contribution in [0.3, 0.4) is 0 Å². The van der Waals surface area contributed by atoms with Crippen LogP contribution in [0.2, 0.25) is 0 Å². The Morgan fingerprint density at radius 3 is 1.38 bits per heavy atom. The van der Waals surface area contributed by atoms with Gasteiger partial charge in [0.25, 0.3) is 0 Å². The maximum absolute atomic E-state index is 5.39. The van der Waals surface area contributed by atoms with Gasteiger partial charge >= 0.3 is 0 Å². The van der Waals surface area contributed by atoms with Gasteiger partial charge in [-0.05, 0) is 122 Å². The first-order chi connectivity index (χ1) is 33.7. The molecule has 0 spiro atoms. The molecule has 5 heteroatoms. The molecule has 11 aromatic carbocycles. The van der Waals surface area contributed by atoms with Gasteiger partial charge in [-0.15, -0.1) is 0 Å². The molecule has 68 heavy (non-hydrogen) atoms. The number of para-hydroxylation sites is 4. The van der Waals surface area contributed by atoms with E-state index in [9.17, 15) is 0 Å². The number of hydrogen-bond donors (Lipinski definition) is 0. The summed E-state index contributed by atoms with van der Waals surface area (Å²) in [6.45, 7) is 0. The molecule has 0 aliphatic heterocycles. The molecule has 3 heterocycles. The molecular formula is C63H39N5. The van der Waals surface area contributed by atoms with Crippen LogP contribution in [0.5, 0.6) is 0 Å². The molecule has 0 N–H and O–H groups in total. The van der Waals surface area contributed by atoms with E-state index in [1.807, 2.05) is 0 Å². The zero-order valence-electron chi connectivity index (χ0n) is 36.8. The molecule has 0 unspecified atom stereocenters. The van der Waals surface area contributed by atoms with E-state index in [1.54, 1.807) is 0 Å². The molecule has 14 aromatic rings. The summed E-state index contributed by atoms with van der Waals surface area (Å²) in [6, 6.07) is 84.7. The second-order valence-electron chi connectivity index (χ2n) is 17.6. The van der Waals surface area contributed by atoms with E-state index < -0.39 is 0 Å². The molecule has 0 bridgehead atoms. The summed E-state index contributed by atoms with van der Waals surface area (Å²) < 4.78 is 4.70. The van der Waals surface area contributed by atoms with Gasteiger partial charge < -0.3 is 9.13 Å². The van der Waals surface area contributed by atoms with Crippen molar-refractivity contribution in [3.8, 4) is 56.7 Å². The molecule has 0 saturated heterocycles. The first-order valence-corrected chi connectivity index (χ1v) is 23.1. The monoisotopic (exact) mass is 865 g/mol. The Kier molecular flexibility index (Phi) is 8.52. The lowest BCUT2D eigenvalue weighted by Crippen LogP contribution is -2.01. The number of hydrogen-bond acceptors (Lipinski definition) is 3. The predicted octanol–water partition coefficient (Wildman–Crippen LogP) is 16.2. The zero-order valence-corrected chi connectivity index (χ0v) is 36.8. The van der Waals surface area contributed by atoms with E-state index in [1.165, 1.54) is 48.7 Å². The quantitative estimate of drug-likeness (QED) is 0.156. The molecule has 3 aromatic heterocycles. The highest BCUT2D eigenvalue weighted by molar-refractivity contribution is 6.13. The van der Waals surface area contributed by atoms with Crippen molar-refractivity contribution in [1.82, 2.24) is 24.1 Å². The third kappa shape index (κ3) is 6.06. The fourth-order valence-corrected chi connectivity index (χ4v) is 10.5. The van der Waals surface area contributed by atoms with Gasteiger partial charge in [0.2, 0.25) is 0 Å². The largest absolute Gasteiger partial charge is 0.309 e. The lowest BCUT2D eigenvalue weighted by atomic mass is 9.94. The van der Waals surface area contributed by atoms with Crippen LogP contribution >= 0.6 is 0 Å². The van der Waals surface area contributed by atoms with Crippen LogP contribution in [0.4, 0.5) is 0 Å². The summed E-state index contributed by atoms with van der Waals surface area (Å²) >= 11 is 0. The minimum atomic E-state index is 0.615. The van der Waals surface area contributed by atoms with E-state index in [2.05, 4.69) is 246 Å². The number of nitrogens with zero attached hydrogens (tertiary/aromatic N) is 5. The minimum Gasteiger partial charge on any atom is -0.309 e. The molecule has 0 radical (unpaired) electrons. The summed E-state index contributed by atoms with van der Waals surface area (Å²) in [4.78, 5) is 16.1. The number of benzene rings is 11. The van der Waals surface area contributed by atoms with Crippen molar-refractivity contribution in [3.05, 3.63) is 237 Å². The Morgan fingerprint density at radius 1 is 0.235 bits per heavy atom. The lowest BCUT2D eigenvalue weighted by molar-refractivity contribution is 1.08. The van der Waals surface area contributed by atoms with Gasteiger partial charge in [-0.2, -0.15) is 0 Å². The summed E-state index contributed by atoms with van der Waals surface area (Å²) in [5, 5.41) is 11.7. The maximum Gasteiger partial charge on any atom is 0.164 e. The van der Waals surface area contributed by atoms with Gasteiger partial charge in [-0.25, -0.2) is 15.0 Å². The average molecular weight is 866 g/mol. The van der Waals surface area contributed by atoms with Gasteiger partial charge in [-0.1, -0.05) is 158 Å². The smallest absolute Gasteiger partial charge is 0.164 e. The van der Waals surface area contributed by atoms with Crippen LogP contribution in [0.1, 0.15) is 0 Å². The predicted molar refractivity (Wildman–Crippen MR) is 283 cm³/mol. The van der Waals surface area contributed by atoms with Gasteiger partial charge in [0.15, 0.2) is 17.5 Å². The number of rotatable bonds is 6. The Labute approximate surface area is 391 Å². The lowest BCUT2D eigenvalue weighted by Gasteiger charge is -2.14. The molecule has 0 amide bonds. The van der Waals surface area contributed by atoms with Crippen molar-refractivity contribution < 1.29 is 0 Å². The molecule has 316 valence electrons. The molecule has 0 aliphatic carbocycles. The van der Waals surface area contributed by atoms with Gasteiger partial charge in [0.1, 0.15) is 0 Å². The molecule has 5 nitrogen and oxygen atoms in total. The summed E-state index contributed by atoms with van der Waals surface area (Å²) in [5.74, 6) is 1.86. The highest BCUT2D eigenvalue weighted by Crippen LogP contribution is 2.41. The van der Waals surface area contributed by atoms with Crippen molar-refractivity contribution in [1.29, 1.82) is 0 Å². The first kappa shape index (κ1) is 38.1. The molecule has 0 aliphatic rings. The number of fused-ring (bicyclic) bond motifs is 9. The summed E-state index contributed by atoms with van der Waals surface area (Å²) in [7, 11) is 0. The SMILES string of the molecule is c1ccc(-n2c3ccccc3c3cc(-c4ccc(-c5nc(-c6ccc7cc8ccccc8cc7c6)nc(-c6ccc7c8ccccc8n(-c8ccccc8)c7c6)n5)c5ccccc45)ccc32)cc1. The third-order valence-corrected chi connectivity index (χ3v) is 13.7. The average Bonchev–Trinajstić information content (AvgIpc) is 3.92. The highest BCUT2D eigenvalue weighted by Gasteiger charge is 2.20. The van der Waals surface area contributed by atoms with Crippen molar-refractivity contribution >= 4 is 75.9 Å². The highest BCUT2D eigenvalue weighted by atomic mass is 15.0. The van der Waals surface area contributed by atoms with E-state index in [4.69, 9.17) is 15.0 Å². The van der Waals surface area contributed by atoms with Crippen LogP contribution in [-0.2, 0) is 0 Å². The standard InChI is InChI=1S/C63H39N5/c1-3-17-47(18-4-1)67-58-26-14-12-24-53(58)56-38-43(30-34-59(56)67)49-32-33-55(51-22-10-9-21-50(49)51)63-65-61(44-28-27-42-35-40-15-7-8-16-41(40)36-46(42)37-44)64-62(66-63)45-29-31-54-52-23-11-13-25-57(52)68(60(54)39-45)48-19-5-2-6-20-48/h1-39H. The fraction of sp³-hybridized carbons (Fsp3) is 0. The Morgan fingerprint density at radius 2 is 0.691 bits per heavy atom. The minimum absolute atomic E-state index is 0.615. The van der Waals surface area contributed by atoms with Crippen molar-refractivity contribution in [2.24, 2.45) is 0 Å². The third-order valence-electron chi connectivity index (χ3n) is 13.7. The normalized spacial score (nSPS) is 11.8. The van der Waals surface area contributed by atoms with Crippen LogP contribution in [0.25, 0.3) is 133 Å². The second-order valence-corrected chi connectivity index (χ2v) is 17.6. The van der Waals surface area contributed by atoms with Gasteiger partial charge in [0, 0.05) is 49.6 Å². The van der Waals surface area contributed by atoms with Crippen molar-refractivity contribution in [3.63, 3.8) is 0 Å². The Hall–Kier alpha value is -9.19. The Bertz CT molecular complexity index is 4320. The van der Waals surface area contributed by atoms with Crippen LogP contribution in [-0.4, -0.2) is 24.1 Å². The van der Waals surface area contributed by atoms with Crippen LogP contribution in [0, 0.1) is 0 Å². The van der Waals surface area contributed by atoms with Crippen LogP contribution < -0.4 is 0 Å². The second kappa shape index (κ2) is 15.2. The fourth-order valence-electron chi connectivity index (χ4n) is 10.5.